The third-order valence-electron chi connectivity index (χ3n) is 5.24. The highest BCUT2D eigenvalue weighted by atomic mass is 16.6. The molecule has 0 spiro atoms. The molecule has 0 radical (unpaired) electrons. The number of carbonyl (C=O) groups excluding carboxylic acids is 2. The summed E-state index contributed by atoms with van der Waals surface area (Å²) in [7, 11) is 0. The Morgan fingerprint density at radius 3 is 2.61 bits per heavy atom. The molecule has 9 nitrogen and oxygen atoms in total. The molecule has 9 heteroatoms. The number of nitrogens with zero attached hydrogens (tertiary/aromatic N) is 3. The number of hydrogen-bond donors (Lipinski definition) is 2. The van der Waals surface area contributed by atoms with E-state index in [2.05, 4.69) is 10.6 Å². The first-order valence-corrected chi connectivity index (χ1v) is 10.1. The molecule has 31 heavy (non-hydrogen) atoms. The Bertz CT molecular complexity index is 1040. The van der Waals surface area contributed by atoms with Crippen molar-refractivity contribution in [2.45, 2.75) is 19.8 Å². The van der Waals surface area contributed by atoms with Crippen LogP contribution in [0.1, 0.15) is 35.7 Å². The predicted octanol–water partition coefficient (Wildman–Crippen LogP) is 3.07. The SMILES string of the molecule is CCNC(=O)C1CCN(c2ccc(C(=O)Nc3cccc(C#N)c3)cc2[N+](=O)[O-])CC1. The number of nitrogens with one attached hydrogen (secondary N) is 2. The molecule has 1 aliphatic rings. The molecule has 0 atom stereocenters. The van der Waals surface area contributed by atoms with Crippen LogP contribution in [0.15, 0.2) is 42.5 Å². The molecule has 0 aliphatic carbocycles. The van der Waals surface area contributed by atoms with Gasteiger partial charge in [-0.3, -0.25) is 19.7 Å². The molecule has 3 rings (SSSR count). The van der Waals surface area contributed by atoms with Gasteiger partial charge in [-0.05, 0) is 50.1 Å². The van der Waals surface area contributed by atoms with Gasteiger partial charge in [-0.15, -0.1) is 0 Å². The highest BCUT2D eigenvalue weighted by molar-refractivity contribution is 6.05. The minimum absolute atomic E-state index is 0.0177. The maximum Gasteiger partial charge on any atom is 0.293 e. The number of nitro groups is 1. The molecule has 1 heterocycles. The van der Waals surface area contributed by atoms with E-state index < -0.39 is 10.8 Å². The normalized spacial score (nSPS) is 13.9. The minimum Gasteiger partial charge on any atom is -0.366 e. The fourth-order valence-electron chi connectivity index (χ4n) is 3.65. The standard InChI is InChI=1S/C22H23N5O4/c1-2-24-21(28)16-8-10-26(11-9-16)19-7-6-17(13-20(19)27(30)31)22(29)25-18-5-3-4-15(12-18)14-23/h3-7,12-13,16H,2,8-11H2,1H3,(H,24,28)(H,25,29). The van der Waals surface area contributed by atoms with Gasteiger partial charge in [0.1, 0.15) is 5.69 Å². The van der Waals surface area contributed by atoms with Crippen LogP contribution >= 0.6 is 0 Å². The maximum atomic E-state index is 12.6. The lowest BCUT2D eigenvalue weighted by Gasteiger charge is -2.32. The van der Waals surface area contributed by atoms with E-state index >= 15 is 0 Å². The molecule has 2 aromatic carbocycles. The lowest BCUT2D eigenvalue weighted by molar-refractivity contribution is -0.384. The second-order valence-corrected chi connectivity index (χ2v) is 7.26. The third-order valence-corrected chi connectivity index (χ3v) is 5.24. The van der Waals surface area contributed by atoms with E-state index in [0.717, 1.165) is 0 Å². The molecule has 1 aliphatic heterocycles. The van der Waals surface area contributed by atoms with Crippen molar-refractivity contribution in [3.05, 3.63) is 63.7 Å². The summed E-state index contributed by atoms with van der Waals surface area (Å²) in [5, 5.41) is 26.1. The van der Waals surface area contributed by atoms with Crippen molar-refractivity contribution in [3.8, 4) is 6.07 Å². The number of amides is 2. The van der Waals surface area contributed by atoms with Crippen LogP contribution in [0.2, 0.25) is 0 Å². The Labute approximate surface area is 179 Å². The third kappa shape index (κ3) is 5.17. The molecule has 0 aromatic heterocycles. The van der Waals surface area contributed by atoms with E-state index in [1.165, 1.54) is 12.1 Å². The summed E-state index contributed by atoms with van der Waals surface area (Å²) in [5.74, 6) is -0.576. The molecule has 160 valence electrons. The number of hydrogen-bond acceptors (Lipinski definition) is 6. The number of benzene rings is 2. The Kier molecular flexibility index (Phi) is 6.82. The van der Waals surface area contributed by atoms with Crippen molar-refractivity contribution in [1.29, 1.82) is 5.26 Å². The van der Waals surface area contributed by atoms with Gasteiger partial charge in [0.2, 0.25) is 5.91 Å². The van der Waals surface area contributed by atoms with Crippen molar-refractivity contribution < 1.29 is 14.5 Å². The van der Waals surface area contributed by atoms with Crippen LogP contribution in [0.4, 0.5) is 17.1 Å². The second-order valence-electron chi connectivity index (χ2n) is 7.26. The number of nitro benzene ring substituents is 1. The van der Waals surface area contributed by atoms with Crippen LogP contribution in [-0.2, 0) is 4.79 Å². The smallest absolute Gasteiger partial charge is 0.293 e. The minimum atomic E-state index is -0.502. The van der Waals surface area contributed by atoms with Crippen molar-refractivity contribution in [3.63, 3.8) is 0 Å². The van der Waals surface area contributed by atoms with Gasteiger partial charge < -0.3 is 15.5 Å². The number of piperidine rings is 1. The molecule has 2 aromatic rings. The average molecular weight is 421 g/mol. The first-order chi connectivity index (χ1) is 14.9. The van der Waals surface area contributed by atoms with E-state index in [0.29, 0.717) is 49.4 Å². The molecule has 1 fully saturated rings. The Morgan fingerprint density at radius 1 is 1.23 bits per heavy atom. The molecule has 0 saturated carbocycles. The highest BCUT2D eigenvalue weighted by Gasteiger charge is 2.28. The number of anilines is 2. The number of nitriles is 1. The Morgan fingerprint density at radius 2 is 1.97 bits per heavy atom. The van der Waals surface area contributed by atoms with Crippen molar-refractivity contribution in [2.75, 3.05) is 29.9 Å². The van der Waals surface area contributed by atoms with Crippen LogP contribution in [0.5, 0.6) is 0 Å². The van der Waals surface area contributed by atoms with Gasteiger partial charge in [0, 0.05) is 42.9 Å². The van der Waals surface area contributed by atoms with E-state index in [-0.39, 0.29) is 23.1 Å². The summed E-state index contributed by atoms with van der Waals surface area (Å²) in [5.41, 5.74) is 1.26. The van der Waals surface area contributed by atoms with Crippen LogP contribution in [-0.4, -0.2) is 36.4 Å². The van der Waals surface area contributed by atoms with Gasteiger partial charge in [0.15, 0.2) is 0 Å². The van der Waals surface area contributed by atoms with Gasteiger partial charge in [-0.1, -0.05) is 6.07 Å². The molecule has 2 N–H and O–H groups in total. The highest BCUT2D eigenvalue weighted by Crippen LogP contribution is 2.32. The predicted molar refractivity (Wildman–Crippen MR) is 116 cm³/mol. The molecule has 2 amide bonds. The maximum absolute atomic E-state index is 12.6. The van der Waals surface area contributed by atoms with E-state index in [9.17, 15) is 19.7 Å². The zero-order chi connectivity index (χ0) is 22.4. The Balaban J connectivity index is 1.76. The van der Waals surface area contributed by atoms with Crippen LogP contribution in [0.3, 0.4) is 0 Å². The zero-order valence-corrected chi connectivity index (χ0v) is 17.1. The van der Waals surface area contributed by atoms with E-state index in [1.807, 2.05) is 17.9 Å². The van der Waals surface area contributed by atoms with E-state index in [4.69, 9.17) is 5.26 Å². The van der Waals surface area contributed by atoms with Gasteiger partial charge in [0.05, 0.1) is 16.6 Å². The summed E-state index contributed by atoms with van der Waals surface area (Å²) in [6.07, 6.45) is 1.22. The van der Waals surface area contributed by atoms with Gasteiger partial charge in [-0.25, -0.2) is 0 Å². The van der Waals surface area contributed by atoms with Crippen molar-refractivity contribution in [1.82, 2.24) is 5.32 Å². The van der Waals surface area contributed by atoms with Gasteiger partial charge in [0.25, 0.3) is 11.6 Å². The van der Waals surface area contributed by atoms with Gasteiger partial charge >= 0.3 is 0 Å². The zero-order valence-electron chi connectivity index (χ0n) is 17.1. The molecule has 0 bridgehead atoms. The van der Waals surface area contributed by atoms with Crippen LogP contribution < -0.4 is 15.5 Å². The molecular formula is C22H23N5O4. The summed E-state index contributed by atoms with van der Waals surface area (Å²) in [4.78, 5) is 37.7. The number of rotatable bonds is 6. The first-order valence-electron chi connectivity index (χ1n) is 10.1. The Hall–Kier alpha value is -3.93. The summed E-state index contributed by atoms with van der Waals surface area (Å²) < 4.78 is 0. The lowest BCUT2D eigenvalue weighted by Crippen LogP contribution is -2.40. The largest absolute Gasteiger partial charge is 0.366 e. The summed E-state index contributed by atoms with van der Waals surface area (Å²) in [6.45, 7) is 3.49. The summed E-state index contributed by atoms with van der Waals surface area (Å²) in [6, 6.07) is 12.8. The average Bonchev–Trinajstić information content (AvgIpc) is 2.79. The molecular weight excluding hydrogens is 398 g/mol. The molecule has 1 saturated heterocycles. The van der Waals surface area contributed by atoms with Gasteiger partial charge in [-0.2, -0.15) is 5.26 Å². The van der Waals surface area contributed by atoms with Crippen LogP contribution in [0.25, 0.3) is 0 Å². The monoisotopic (exact) mass is 421 g/mol. The van der Waals surface area contributed by atoms with E-state index in [1.54, 1.807) is 30.3 Å². The number of carbonyl (C=O) groups is 2. The lowest BCUT2D eigenvalue weighted by atomic mass is 9.95. The second kappa shape index (κ2) is 9.71. The summed E-state index contributed by atoms with van der Waals surface area (Å²) >= 11 is 0. The van der Waals surface area contributed by atoms with Crippen LogP contribution in [0, 0.1) is 27.4 Å². The van der Waals surface area contributed by atoms with Crippen molar-refractivity contribution in [2.24, 2.45) is 5.92 Å². The quantitative estimate of drug-likeness (QED) is 0.545. The molecule has 0 unspecified atom stereocenters. The fraction of sp³-hybridized carbons (Fsp3) is 0.318. The topological polar surface area (TPSA) is 128 Å². The first kappa shape index (κ1) is 21.8. The van der Waals surface area contributed by atoms with Crippen molar-refractivity contribution >= 4 is 28.9 Å². The fourth-order valence-corrected chi connectivity index (χ4v) is 3.65.